The highest BCUT2D eigenvalue weighted by molar-refractivity contribution is 7.90. The van der Waals surface area contributed by atoms with E-state index >= 15 is 0 Å². The van der Waals surface area contributed by atoms with Gasteiger partial charge < -0.3 is 30.2 Å². The molecular formula is C31H48ClN5O8S. The molecule has 1 aromatic rings. The summed E-state index contributed by atoms with van der Waals surface area (Å²) in [6, 6.07) is -2.18. The lowest BCUT2D eigenvalue weighted by molar-refractivity contribution is -0.147. The van der Waals surface area contributed by atoms with Crippen molar-refractivity contribution in [2.24, 2.45) is 0 Å². The topological polar surface area (TPSA) is 185 Å². The summed E-state index contributed by atoms with van der Waals surface area (Å²) in [7, 11) is -4.13. The van der Waals surface area contributed by atoms with E-state index in [1.54, 1.807) is 34.6 Å². The molecule has 0 aromatic heterocycles. The standard InChI is InChI=1S/C31H48ClN5O8S/c1-10-16-43-27(39)23(13-14-32)35-26(38)22(36-29(40)45-30(5,6)7)12-11-15-34-28(33)37-46(41,42)25-19(3)18(2)24-21(20(25)4)17-31(8,9)44-24/h10,22-23H,1,11-17H2,2-9H3,(H,35,38)(H,36,40)(H3,33,34,37)/t22-,23+/m1/s1. The highest BCUT2D eigenvalue weighted by atomic mass is 35.5. The molecule has 0 saturated heterocycles. The Labute approximate surface area is 277 Å². The van der Waals surface area contributed by atoms with Crippen LogP contribution in [-0.2, 0) is 35.5 Å². The Morgan fingerprint density at radius 1 is 1.09 bits per heavy atom. The molecule has 0 fully saturated rings. The number of fused-ring (bicyclic) bond motifs is 1. The van der Waals surface area contributed by atoms with Crippen molar-refractivity contribution in [1.82, 2.24) is 20.7 Å². The van der Waals surface area contributed by atoms with Gasteiger partial charge in [-0.2, -0.15) is 0 Å². The van der Waals surface area contributed by atoms with Gasteiger partial charge in [-0.1, -0.05) is 12.7 Å². The average Bonchev–Trinajstić information content (AvgIpc) is 3.26. The molecule has 1 heterocycles. The first-order valence-electron chi connectivity index (χ1n) is 15.0. The molecule has 0 unspecified atom stereocenters. The monoisotopic (exact) mass is 685 g/mol. The van der Waals surface area contributed by atoms with Crippen LogP contribution in [0.1, 0.15) is 76.1 Å². The predicted molar refractivity (Wildman–Crippen MR) is 176 cm³/mol. The first kappa shape index (κ1) is 38.7. The second kappa shape index (κ2) is 15.9. The molecule has 2 rings (SSSR count). The van der Waals surface area contributed by atoms with E-state index < -0.39 is 57.2 Å². The number of nitrogens with one attached hydrogen (secondary N) is 5. The van der Waals surface area contributed by atoms with Gasteiger partial charge in [0, 0.05) is 24.4 Å². The molecule has 0 bridgehead atoms. The van der Waals surface area contributed by atoms with Crippen molar-refractivity contribution in [3.8, 4) is 5.75 Å². The van der Waals surface area contributed by atoms with Crippen LogP contribution in [0.25, 0.3) is 0 Å². The molecule has 1 aliphatic heterocycles. The third-order valence-electron chi connectivity index (χ3n) is 7.12. The van der Waals surface area contributed by atoms with Crippen molar-refractivity contribution in [3.05, 3.63) is 34.9 Å². The second-order valence-corrected chi connectivity index (χ2v) is 14.8. The van der Waals surface area contributed by atoms with Crippen LogP contribution in [0.5, 0.6) is 5.75 Å². The predicted octanol–water partition coefficient (Wildman–Crippen LogP) is 3.64. The number of alkyl halides is 1. The number of amides is 2. The molecule has 15 heteroatoms. The maximum Gasteiger partial charge on any atom is 0.408 e. The zero-order valence-electron chi connectivity index (χ0n) is 27.9. The van der Waals surface area contributed by atoms with Crippen LogP contribution >= 0.6 is 11.6 Å². The molecule has 0 spiro atoms. The Hall–Kier alpha value is -3.52. The van der Waals surface area contributed by atoms with Gasteiger partial charge in [0.2, 0.25) is 11.9 Å². The number of guanidine groups is 1. The number of hydrogen-bond acceptors (Lipinski definition) is 9. The maximum absolute atomic E-state index is 13.4. The minimum atomic E-state index is -4.13. The highest BCUT2D eigenvalue weighted by Crippen LogP contribution is 2.43. The molecule has 0 aliphatic carbocycles. The summed E-state index contributed by atoms with van der Waals surface area (Å²) >= 11 is 5.82. The molecule has 1 aromatic carbocycles. The zero-order chi connectivity index (χ0) is 35.0. The fraction of sp³-hybridized carbons (Fsp3) is 0.613. The molecule has 258 valence electrons. The second-order valence-electron chi connectivity index (χ2n) is 12.8. The van der Waals surface area contributed by atoms with Gasteiger partial charge in [0.1, 0.15) is 35.6 Å². The molecular weight excluding hydrogens is 638 g/mol. The average molecular weight is 686 g/mol. The van der Waals surface area contributed by atoms with Gasteiger partial charge in [-0.3, -0.25) is 10.2 Å². The minimum Gasteiger partial charge on any atom is -0.487 e. The van der Waals surface area contributed by atoms with Crippen LogP contribution in [0.2, 0.25) is 0 Å². The van der Waals surface area contributed by atoms with E-state index in [9.17, 15) is 22.8 Å². The molecule has 0 saturated carbocycles. The molecule has 2 atom stereocenters. The lowest BCUT2D eigenvalue weighted by Crippen LogP contribution is -2.53. The van der Waals surface area contributed by atoms with Crippen molar-refractivity contribution in [3.63, 3.8) is 0 Å². The van der Waals surface area contributed by atoms with E-state index in [-0.39, 0.29) is 43.2 Å². The molecule has 46 heavy (non-hydrogen) atoms. The summed E-state index contributed by atoms with van der Waals surface area (Å²) in [4.78, 5) is 38.2. The quantitative estimate of drug-likeness (QED) is 0.0487. The fourth-order valence-electron chi connectivity index (χ4n) is 4.98. The molecule has 2 amide bonds. The largest absolute Gasteiger partial charge is 0.487 e. The number of rotatable bonds is 14. The Morgan fingerprint density at radius 2 is 1.74 bits per heavy atom. The van der Waals surface area contributed by atoms with Crippen molar-refractivity contribution >= 4 is 45.6 Å². The Balaban J connectivity index is 2.10. The number of sulfonamides is 1. The first-order valence-corrected chi connectivity index (χ1v) is 17.0. The van der Waals surface area contributed by atoms with Crippen LogP contribution in [0, 0.1) is 26.2 Å². The van der Waals surface area contributed by atoms with E-state index in [0.29, 0.717) is 23.3 Å². The highest BCUT2D eigenvalue weighted by Gasteiger charge is 2.37. The van der Waals surface area contributed by atoms with E-state index in [0.717, 1.165) is 11.1 Å². The van der Waals surface area contributed by atoms with Crippen molar-refractivity contribution in [1.29, 1.82) is 5.41 Å². The third kappa shape index (κ3) is 10.8. The summed E-state index contributed by atoms with van der Waals surface area (Å²) in [5.41, 5.74) is 1.39. The smallest absolute Gasteiger partial charge is 0.408 e. The number of esters is 1. The zero-order valence-corrected chi connectivity index (χ0v) is 29.5. The summed E-state index contributed by atoms with van der Waals surface area (Å²) in [6.07, 6.45) is 1.48. The van der Waals surface area contributed by atoms with Crippen LogP contribution < -0.4 is 25.4 Å². The maximum atomic E-state index is 13.4. The van der Waals surface area contributed by atoms with Gasteiger partial charge in [0.15, 0.2) is 0 Å². The van der Waals surface area contributed by atoms with E-state index in [1.807, 2.05) is 20.8 Å². The van der Waals surface area contributed by atoms with E-state index in [2.05, 4.69) is 27.3 Å². The lowest BCUT2D eigenvalue weighted by Gasteiger charge is -2.25. The number of halogens is 1. The summed E-state index contributed by atoms with van der Waals surface area (Å²) in [5.74, 6) is -1.06. The Kier molecular flexibility index (Phi) is 13.3. The Bertz CT molecular complexity index is 1440. The number of hydrogen-bond donors (Lipinski definition) is 5. The fourth-order valence-corrected chi connectivity index (χ4v) is 6.72. The van der Waals surface area contributed by atoms with Crippen LogP contribution in [-0.4, -0.2) is 74.7 Å². The van der Waals surface area contributed by atoms with Gasteiger partial charge in [0.25, 0.3) is 10.0 Å². The number of carbonyl (C=O) groups excluding carboxylic acids is 3. The molecule has 13 nitrogen and oxygen atoms in total. The van der Waals surface area contributed by atoms with Gasteiger partial charge in [-0.05, 0) is 91.3 Å². The Morgan fingerprint density at radius 3 is 2.33 bits per heavy atom. The number of alkyl carbamates (subject to hydrolysis) is 1. The van der Waals surface area contributed by atoms with Crippen LogP contribution in [0.3, 0.4) is 0 Å². The van der Waals surface area contributed by atoms with Crippen molar-refractivity contribution < 1.29 is 37.0 Å². The van der Waals surface area contributed by atoms with E-state index in [1.165, 1.54) is 6.08 Å². The summed E-state index contributed by atoms with van der Waals surface area (Å²) in [5, 5.41) is 16.1. The third-order valence-corrected chi connectivity index (χ3v) is 8.96. The lowest BCUT2D eigenvalue weighted by atomic mass is 9.94. The molecule has 5 N–H and O–H groups in total. The van der Waals surface area contributed by atoms with Crippen molar-refractivity contribution in [2.45, 2.75) is 109 Å². The van der Waals surface area contributed by atoms with Crippen LogP contribution in [0.15, 0.2) is 17.6 Å². The number of benzene rings is 1. The number of carbonyl (C=O) groups is 3. The van der Waals surface area contributed by atoms with Gasteiger partial charge in [-0.15, -0.1) is 11.6 Å². The van der Waals surface area contributed by atoms with Gasteiger partial charge >= 0.3 is 12.1 Å². The molecule has 0 radical (unpaired) electrons. The summed E-state index contributed by atoms with van der Waals surface area (Å²) in [6.45, 7) is 17.7. The van der Waals surface area contributed by atoms with Crippen LogP contribution in [0.4, 0.5) is 4.79 Å². The van der Waals surface area contributed by atoms with Gasteiger partial charge in [-0.25, -0.2) is 22.7 Å². The minimum absolute atomic E-state index is 0.0493. The number of ether oxygens (including phenoxy) is 3. The molecule has 1 aliphatic rings. The SMILES string of the molecule is C=CCOC(=O)[C@H](CCCl)NC(=O)[C@@H](CCCNC(=N)NS(=O)(=O)c1c(C)c(C)c2c(c1C)CC(C)(C)O2)NC(=O)OC(C)(C)C. The summed E-state index contributed by atoms with van der Waals surface area (Å²) < 4.78 is 45.6. The van der Waals surface area contributed by atoms with E-state index in [4.69, 9.17) is 31.2 Å². The van der Waals surface area contributed by atoms with Gasteiger partial charge in [0.05, 0.1) is 4.90 Å². The normalized spacial score (nSPS) is 15.0. The van der Waals surface area contributed by atoms with Crippen molar-refractivity contribution in [2.75, 3.05) is 19.0 Å². The first-order chi connectivity index (χ1) is 21.2.